The molecule has 13 heteroatoms. The number of rotatable bonds is 14. The summed E-state index contributed by atoms with van der Waals surface area (Å²) in [5, 5.41) is 14.3. The van der Waals surface area contributed by atoms with Crippen LogP contribution in [0.15, 0.2) is 53.4 Å². The maximum absolute atomic E-state index is 13.8. The van der Waals surface area contributed by atoms with Gasteiger partial charge < -0.3 is 19.9 Å². The van der Waals surface area contributed by atoms with Crippen molar-refractivity contribution in [2.45, 2.75) is 57.1 Å². The predicted octanol–water partition coefficient (Wildman–Crippen LogP) is 2.21. The molecule has 2 heterocycles. The molecule has 2 aliphatic rings. The lowest BCUT2D eigenvalue weighted by Crippen LogP contribution is -2.52. The third-order valence-corrected chi connectivity index (χ3v) is 11.3. The number of benzene rings is 2. The molecule has 0 spiro atoms. The van der Waals surface area contributed by atoms with Gasteiger partial charge in [-0.3, -0.25) is 4.79 Å². The van der Waals surface area contributed by atoms with Gasteiger partial charge >= 0.3 is 0 Å². The highest BCUT2D eigenvalue weighted by Crippen LogP contribution is 2.35. The molecule has 42 heavy (non-hydrogen) atoms. The first-order chi connectivity index (χ1) is 19.9. The molecule has 232 valence electrons. The number of ether oxygens (including phenoxy) is 2. The summed E-state index contributed by atoms with van der Waals surface area (Å²) in [6, 6.07) is 12.7. The number of nitrogens with one attached hydrogen (secondary N) is 1. The number of sulfonamides is 2. The molecule has 3 atom stereocenters. The van der Waals surface area contributed by atoms with E-state index in [-0.39, 0.29) is 42.9 Å². The van der Waals surface area contributed by atoms with Crippen molar-refractivity contribution in [3.63, 3.8) is 0 Å². The van der Waals surface area contributed by atoms with Gasteiger partial charge in [-0.05, 0) is 42.9 Å². The zero-order valence-corrected chi connectivity index (χ0v) is 25.9. The van der Waals surface area contributed by atoms with Gasteiger partial charge in [0.1, 0.15) is 0 Å². The fourth-order valence-electron chi connectivity index (χ4n) is 5.14. The number of fused-ring (bicyclic) bond motifs is 1. The second kappa shape index (κ2) is 13.7. The van der Waals surface area contributed by atoms with Crippen molar-refractivity contribution < 1.29 is 36.2 Å². The van der Waals surface area contributed by atoms with E-state index < -0.39 is 44.0 Å². The van der Waals surface area contributed by atoms with Crippen LogP contribution in [-0.2, 0) is 31.3 Å². The Bertz CT molecular complexity index is 1430. The van der Waals surface area contributed by atoms with Crippen molar-refractivity contribution >= 4 is 26.0 Å². The Balaban J connectivity index is 1.54. The lowest BCUT2D eigenvalue weighted by molar-refractivity contribution is -0.125. The molecule has 2 N–H and O–H groups in total. The second-order valence-corrected chi connectivity index (χ2v) is 15.3. The van der Waals surface area contributed by atoms with Crippen LogP contribution in [0.1, 0.15) is 39.2 Å². The molecule has 1 fully saturated rings. The molecule has 0 aromatic heterocycles. The summed E-state index contributed by atoms with van der Waals surface area (Å²) >= 11 is 0. The lowest BCUT2D eigenvalue weighted by atomic mass is 10.00. The van der Waals surface area contributed by atoms with Gasteiger partial charge in [0, 0.05) is 32.2 Å². The molecule has 2 aromatic carbocycles. The molecular formula is C29H41N3O8S2. The average Bonchev–Trinajstić information content (AvgIpc) is 3.65. The summed E-state index contributed by atoms with van der Waals surface area (Å²) in [7, 11) is -7.66. The van der Waals surface area contributed by atoms with Gasteiger partial charge in [-0.15, -0.1) is 0 Å². The minimum absolute atomic E-state index is 0.00369. The monoisotopic (exact) mass is 623 g/mol. The second-order valence-electron chi connectivity index (χ2n) is 11.4. The zero-order chi connectivity index (χ0) is 30.5. The summed E-state index contributed by atoms with van der Waals surface area (Å²) in [6.07, 6.45) is 0.526. The minimum Gasteiger partial charge on any atom is -0.454 e. The standard InChI is InChI=1S/C29H41N3O8S2/c1-21(2)17-32(42(37,38)24-11-12-27-28(16-24)40-20-39-27)18-26(33)25(15-23-9-5-4-6-10-23)30-29(34)22(3)19-41(35,36)31-13-7-8-14-31/h4-6,9-12,16,21-22,25-26,33H,7-8,13-15,17-20H2,1-3H3,(H,30,34). The molecule has 0 saturated carbocycles. The van der Waals surface area contributed by atoms with Gasteiger partial charge in [-0.2, -0.15) is 4.31 Å². The Kier molecular flexibility index (Phi) is 10.5. The molecule has 11 nitrogen and oxygen atoms in total. The van der Waals surface area contributed by atoms with E-state index in [4.69, 9.17) is 9.47 Å². The van der Waals surface area contributed by atoms with E-state index in [1.165, 1.54) is 26.8 Å². The van der Waals surface area contributed by atoms with Gasteiger partial charge in [-0.1, -0.05) is 51.1 Å². The zero-order valence-electron chi connectivity index (χ0n) is 24.3. The van der Waals surface area contributed by atoms with Crippen LogP contribution in [0, 0.1) is 11.8 Å². The topological polar surface area (TPSA) is 143 Å². The van der Waals surface area contributed by atoms with E-state index in [0.717, 1.165) is 18.4 Å². The Labute approximate surface area is 248 Å². The number of aliphatic hydroxyl groups is 1. The van der Waals surface area contributed by atoms with Crippen molar-refractivity contribution in [1.29, 1.82) is 0 Å². The molecular weight excluding hydrogens is 582 g/mol. The lowest BCUT2D eigenvalue weighted by Gasteiger charge is -2.31. The van der Waals surface area contributed by atoms with Gasteiger partial charge in [-0.25, -0.2) is 21.1 Å². The van der Waals surface area contributed by atoms with Crippen LogP contribution in [0.4, 0.5) is 0 Å². The molecule has 3 unspecified atom stereocenters. The maximum Gasteiger partial charge on any atom is 0.243 e. The van der Waals surface area contributed by atoms with Crippen LogP contribution in [0.5, 0.6) is 11.5 Å². The number of carbonyl (C=O) groups is 1. The molecule has 0 bridgehead atoms. The molecule has 2 aromatic rings. The summed E-state index contributed by atoms with van der Waals surface area (Å²) in [6.45, 7) is 6.05. The minimum atomic E-state index is -4.06. The van der Waals surface area contributed by atoms with E-state index in [9.17, 15) is 26.7 Å². The van der Waals surface area contributed by atoms with Crippen molar-refractivity contribution in [1.82, 2.24) is 13.9 Å². The predicted molar refractivity (Wildman–Crippen MR) is 158 cm³/mol. The largest absolute Gasteiger partial charge is 0.454 e. The SMILES string of the molecule is CC(C)CN(CC(O)C(Cc1ccccc1)NC(=O)C(C)CS(=O)(=O)N1CCCC1)S(=O)(=O)c1ccc2c(c1)OCO2. The number of carbonyl (C=O) groups excluding carboxylic acids is 1. The Morgan fingerprint density at radius 1 is 0.976 bits per heavy atom. The van der Waals surface area contributed by atoms with Crippen molar-refractivity contribution in [3.8, 4) is 11.5 Å². The highest BCUT2D eigenvalue weighted by atomic mass is 32.2. The van der Waals surface area contributed by atoms with Gasteiger partial charge in [0.15, 0.2) is 11.5 Å². The molecule has 4 rings (SSSR count). The first-order valence-corrected chi connectivity index (χ1v) is 17.3. The Hall–Kier alpha value is -2.71. The molecule has 2 aliphatic heterocycles. The number of amides is 1. The van der Waals surface area contributed by atoms with Crippen LogP contribution in [0.2, 0.25) is 0 Å². The van der Waals surface area contributed by atoms with Crippen molar-refractivity contribution in [2.24, 2.45) is 11.8 Å². The highest BCUT2D eigenvalue weighted by Gasteiger charge is 2.34. The van der Waals surface area contributed by atoms with Crippen molar-refractivity contribution in [3.05, 3.63) is 54.1 Å². The maximum atomic E-state index is 13.8. The van der Waals surface area contributed by atoms with E-state index in [2.05, 4.69) is 5.32 Å². The molecule has 0 radical (unpaired) electrons. The highest BCUT2D eigenvalue weighted by molar-refractivity contribution is 7.89. The number of hydrogen-bond donors (Lipinski definition) is 2. The van der Waals surface area contributed by atoms with E-state index in [1.54, 1.807) is 6.92 Å². The Morgan fingerprint density at radius 2 is 1.64 bits per heavy atom. The fourth-order valence-corrected chi connectivity index (χ4v) is 8.59. The number of nitrogens with zero attached hydrogens (tertiary/aromatic N) is 2. The summed E-state index contributed by atoms with van der Waals surface area (Å²) < 4.78 is 66.5. The normalized spacial score (nSPS) is 17.9. The third-order valence-electron chi connectivity index (χ3n) is 7.40. The fraction of sp³-hybridized carbons (Fsp3) is 0.552. The molecule has 0 aliphatic carbocycles. The smallest absolute Gasteiger partial charge is 0.243 e. The molecule has 1 amide bonds. The average molecular weight is 624 g/mol. The van der Waals surface area contributed by atoms with E-state index >= 15 is 0 Å². The van der Waals surface area contributed by atoms with Crippen LogP contribution in [0.3, 0.4) is 0 Å². The quantitative estimate of drug-likeness (QED) is 0.326. The first-order valence-electron chi connectivity index (χ1n) is 14.3. The first kappa shape index (κ1) is 32.2. The van der Waals surface area contributed by atoms with Gasteiger partial charge in [0.25, 0.3) is 0 Å². The van der Waals surface area contributed by atoms with Crippen LogP contribution >= 0.6 is 0 Å². The van der Waals surface area contributed by atoms with Gasteiger partial charge in [0.2, 0.25) is 32.7 Å². The van der Waals surface area contributed by atoms with Crippen LogP contribution in [0.25, 0.3) is 0 Å². The number of aliphatic hydroxyl groups excluding tert-OH is 1. The van der Waals surface area contributed by atoms with Crippen LogP contribution in [-0.4, -0.2) is 87.3 Å². The summed E-state index contributed by atoms with van der Waals surface area (Å²) in [4.78, 5) is 13.3. The number of hydrogen-bond acceptors (Lipinski definition) is 8. The van der Waals surface area contributed by atoms with E-state index in [0.29, 0.717) is 24.6 Å². The molecule has 1 saturated heterocycles. The van der Waals surface area contributed by atoms with E-state index in [1.807, 2.05) is 44.2 Å². The van der Waals surface area contributed by atoms with Crippen molar-refractivity contribution in [2.75, 3.05) is 38.7 Å². The Morgan fingerprint density at radius 3 is 2.31 bits per heavy atom. The third kappa shape index (κ3) is 8.01. The van der Waals surface area contributed by atoms with Crippen LogP contribution < -0.4 is 14.8 Å². The van der Waals surface area contributed by atoms with Gasteiger partial charge in [0.05, 0.1) is 28.7 Å². The summed E-state index contributed by atoms with van der Waals surface area (Å²) in [5.74, 6) is -1.01. The summed E-state index contributed by atoms with van der Waals surface area (Å²) in [5.41, 5.74) is 0.827.